The number of carbonyl (C=O) groups excluding carboxylic acids is 1. The maximum absolute atomic E-state index is 12.1. The van der Waals surface area contributed by atoms with Crippen molar-refractivity contribution >= 4 is 17.2 Å². The minimum absolute atomic E-state index is 0.106. The zero-order chi connectivity index (χ0) is 16.2. The molecule has 1 amide bonds. The highest BCUT2D eigenvalue weighted by Crippen LogP contribution is 2.21. The molecule has 0 saturated carbocycles. The van der Waals surface area contributed by atoms with Crippen molar-refractivity contribution in [3.05, 3.63) is 23.4 Å². The first kappa shape index (κ1) is 16.1. The molecule has 0 aromatic carbocycles. The zero-order valence-electron chi connectivity index (χ0n) is 13.1. The van der Waals surface area contributed by atoms with Crippen molar-refractivity contribution in [2.75, 3.05) is 32.7 Å². The van der Waals surface area contributed by atoms with Crippen molar-refractivity contribution in [2.24, 2.45) is 11.7 Å². The van der Waals surface area contributed by atoms with Crippen molar-refractivity contribution in [3.63, 3.8) is 0 Å². The van der Waals surface area contributed by atoms with Gasteiger partial charge in [-0.05, 0) is 11.4 Å². The standard InChI is InChI=1S/C15H21N5O2S/c1-11(9-16)15(21)20-6-4-19(5-7-20)10-13-17-14(18-22-13)12-3-2-8-23-12/h2-3,8,11H,4-7,9-10,16H2,1H3. The summed E-state index contributed by atoms with van der Waals surface area (Å²) in [4.78, 5) is 21.7. The summed E-state index contributed by atoms with van der Waals surface area (Å²) in [6, 6.07) is 3.94. The number of rotatable bonds is 5. The van der Waals surface area contributed by atoms with E-state index in [4.69, 9.17) is 10.3 Å². The highest BCUT2D eigenvalue weighted by atomic mass is 32.1. The predicted octanol–water partition coefficient (Wildman–Crippen LogP) is 1.04. The molecule has 1 fully saturated rings. The van der Waals surface area contributed by atoms with Gasteiger partial charge in [-0.2, -0.15) is 4.98 Å². The third kappa shape index (κ3) is 3.77. The summed E-state index contributed by atoms with van der Waals surface area (Å²) in [5.41, 5.74) is 5.57. The summed E-state index contributed by atoms with van der Waals surface area (Å²) in [6.45, 7) is 5.93. The molecule has 23 heavy (non-hydrogen) atoms. The first-order chi connectivity index (χ1) is 11.2. The third-order valence-electron chi connectivity index (χ3n) is 4.03. The van der Waals surface area contributed by atoms with Crippen LogP contribution >= 0.6 is 11.3 Å². The van der Waals surface area contributed by atoms with Crippen molar-refractivity contribution < 1.29 is 9.32 Å². The maximum Gasteiger partial charge on any atom is 0.241 e. The topological polar surface area (TPSA) is 88.5 Å². The van der Waals surface area contributed by atoms with Crippen LogP contribution in [0.25, 0.3) is 10.7 Å². The van der Waals surface area contributed by atoms with E-state index in [2.05, 4.69) is 15.0 Å². The average Bonchev–Trinajstić information content (AvgIpc) is 3.25. The second-order valence-corrected chi connectivity index (χ2v) is 6.67. The van der Waals surface area contributed by atoms with E-state index in [9.17, 15) is 4.79 Å². The number of hydrogen-bond donors (Lipinski definition) is 1. The van der Waals surface area contributed by atoms with Gasteiger partial charge in [0, 0.05) is 38.6 Å². The summed E-state index contributed by atoms with van der Waals surface area (Å²) in [5, 5.41) is 6.01. The van der Waals surface area contributed by atoms with E-state index in [1.807, 2.05) is 29.3 Å². The van der Waals surface area contributed by atoms with E-state index in [0.29, 0.717) is 24.8 Å². The molecule has 0 radical (unpaired) electrons. The number of carbonyl (C=O) groups is 1. The number of nitrogens with zero attached hydrogens (tertiary/aromatic N) is 4. The molecule has 0 aliphatic carbocycles. The molecule has 2 aromatic rings. The van der Waals surface area contributed by atoms with Crippen molar-refractivity contribution in [1.82, 2.24) is 19.9 Å². The van der Waals surface area contributed by atoms with Crippen LogP contribution in [0.1, 0.15) is 12.8 Å². The van der Waals surface area contributed by atoms with Crippen LogP contribution in [0, 0.1) is 5.92 Å². The van der Waals surface area contributed by atoms with Crippen LogP contribution < -0.4 is 5.73 Å². The number of thiophene rings is 1. The van der Waals surface area contributed by atoms with Gasteiger partial charge < -0.3 is 15.2 Å². The molecule has 0 spiro atoms. The minimum Gasteiger partial charge on any atom is -0.340 e. The van der Waals surface area contributed by atoms with Gasteiger partial charge >= 0.3 is 0 Å². The molecule has 2 N–H and O–H groups in total. The Morgan fingerprint density at radius 1 is 1.43 bits per heavy atom. The highest BCUT2D eigenvalue weighted by Gasteiger charge is 2.25. The fourth-order valence-electron chi connectivity index (χ4n) is 2.56. The Bertz CT molecular complexity index is 634. The summed E-state index contributed by atoms with van der Waals surface area (Å²) < 4.78 is 5.33. The van der Waals surface area contributed by atoms with Gasteiger partial charge in [0.2, 0.25) is 17.6 Å². The molecule has 1 aliphatic rings. The molecule has 1 unspecified atom stereocenters. The number of aromatic nitrogens is 2. The lowest BCUT2D eigenvalue weighted by Gasteiger charge is -2.35. The first-order valence-corrected chi connectivity index (χ1v) is 8.63. The molecular weight excluding hydrogens is 314 g/mol. The molecule has 3 heterocycles. The molecule has 2 aromatic heterocycles. The van der Waals surface area contributed by atoms with E-state index in [1.54, 1.807) is 11.3 Å². The van der Waals surface area contributed by atoms with Gasteiger partial charge in [-0.1, -0.05) is 18.1 Å². The number of hydrogen-bond acceptors (Lipinski definition) is 7. The van der Waals surface area contributed by atoms with Crippen molar-refractivity contribution in [2.45, 2.75) is 13.5 Å². The van der Waals surface area contributed by atoms with Crippen LogP contribution in [0.4, 0.5) is 0 Å². The predicted molar refractivity (Wildman–Crippen MR) is 87.7 cm³/mol. The molecule has 1 atom stereocenters. The molecule has 1 saturated heterocycles. The Hall–Kier alpha value is -1.77. The Kier molecular flexibility index (Phi) is 5.04. The Labute approximate surface area is 139 Å². The van der Waals surface area contributed by atoms with E-state index in [0.717, 1.165) is 31.1 Å². The van der Waals surface area contributed by atoms with Crippen LogP contribution in [0.3, 0.4) is 0 Å². The molecule has 1 aliphatic heterocycles. The van der Waals surface area contributed by atoms with E-state index in [-0.39, 0.29) is 11.8 Å². The smallest absolute Gasteiger partial charge is 0.241 e. The fraction of sp³-hybridized carbons (Fsp3) is 0.533. The SMILES string of the molecule is CC(CN)C(=O)N1CCN(Cc2nc(-c3cccs3)no2)CC1. The Morgan fingerprint density at radius 3 is 2.87 bits per heavy atom. The van der Waals surface area contributed by atoms with E-state index >= 15 is 0 Å². The second-order valence-electron chi connectivity index (χ2n) is 5.73. The normalized spacial score (nSPS) is 17.4. The van der Waals surface area contributed by atoms with Gasteiger partial charge in [-0.15, -0.1) is 11.3 Å². The lowest BCUT2D eigenvalue weighted by atomic mass is 10.1. The quantitative estimate of drug-likeness (QED) is 0.878. The summed E-state index contributed by atoms with van der Waals surface area (Å²) in [5.74, 6) is 1.29. The second kappa shape index (κ2) is 7.20. The molecule has 7 nitrogen and oxygen atoms in total. The van der Waals surface area contributed by atoms with Crippen molar-refractivity contribution in [1.29, 1.82) is 0 Å². The van der Waals surface area contributed by atoms with Crippen LogP contribution in [0.2, 0.25) is 0 Å². The molecule has 3 rings (SSSR count). The highest BCUT2D eigenvalue weighted by molar-refractivity contribution is 7.13. The minimum atomic E-state index is -0.106. The first-order valence-electron chi connectivity index (χ1n) is 7.75. The van der Waals surface area contributed by atoms with Crippen LogP contribution in [0.5, 0.6) is 0 Å². The summed E-state index contributed by atoms with van der Waals surface area (Å²) >= 11 is 1.59. The largest absolute Gasteiger partial charge is 0.340 e. The van der Waals surface area contributed by atoms with Crippen LogP contribution in [-0.2, 0) is 11.3 Å². The third-order valence-corrected chi connectivity index (χ3v) is 4.89. The number of nitrogens with two attached hydrogens (primary N) is 1. The summed E-state index contributed by atoms with van der Waals surface area (Å²) in [6.07, 6.45) is 0. The van der Waals surface area contributed by atoms with Crippen LogP contribution in [0.15, 0.2) is 22.0 Å². The van der Waals surface area contributed by atoms with Crippen LogP contribution in [-0.4, -0.2) is 58.6 Å². The summed E-state index contributed by atoms with van der Waals surface area (Å²) in [7, 11) is 0. The van der Waals surface area contributed by atoms with Gasteiger partial charge in [0.15, 0.2) is 0 Å². The number of piperazine rings is 1. The molecule has 0 bridgehead atoms. The van der Waals surface area contributed by atoms with E-state index < -0.39 is 0 Å². The lowest BCUT2D eigenvalue weighted by Crippen LogP contribution is -2.50. The average molecular weight is 335 g/mol. The van der Waals surface area contributed by atoms with Gasteiger partial charge in [0.1, 0.15) is 0 Å². The van der Waals surface area contributed by atoms with Gasteiger partial charge in [-0.25, -0.2) is 0 Å². The zero-order valence-corrected chi connectivity index (χ0v) is 14.0. The van der Waals surface area contributed by atoms with Gasteiger partial charge in [-0.3, -0.25) is 9.69 Å². The monoisotopic (exact) mass is 335 g/mol. The van der Waals surface area contributed by atoms with Gasteiger partial charge in [0.25, 0.3) is 0 Å². The Morgan fingerprint density at radius 2 is 2.22 bits per heavy atom. The Balaban J connectivity index is 1.52. The fourth-order valence-corrected chi connectivity index (χ4v) is 3.20. The molecule has 8 heteroatoms. The maximum atomic E-state index is 12.1. The van der Waals surface area contributed by atoms with Crippen molar-refractivity contribution in [3.8, 4) is 10.7 Å². The van der Waals surface area contributed by atoms with E-state index in [1.165, 1.54) is 0 Å². The molecule has 124 valence electrons. The molecular formula is C15H21N5O2S. The lowest BCUT2D eigenvalue weighted by molar-refractivity contribution is -0.136. The van der Waals surface area contributed by atoms with Gasteiger partial charge in [0.05, 0.1) is 11.4 Å². The number of amides is 1.